The smallest absolute Gasteiger partial charge is 0.267 e. The molecule has 1 aromatic rings. The molecule has 0 atom stereocenters. The second kappa shape index (κ2) is 6.95. The van der Waals surface area contributed by atoms with Crippen LogP contribution in [0.25, 0.3) is 0 Å². The van der Waals surface area contributed by atoms with E-state index >= 15 is 0 Å². The maximum absolute atomic E-state index is 12.5. The summed E-state index contributed by atoms with van der Waals surface area (Å²) in [6.45, 7) is 4.26. The Hall–Kier alpha value is -2.15. The first kappa shape index (κ1) is 15.7. The average molecular weight is 318 g/mol. The molecule has 0 aliphatic carbocycles. The Morgan fingerprint density at radius 1 is 1.17 bits per heavy atom. The van der Waals surface area contributed by atoms with Crippen LogP contribution in [0.15, 0.2) is 18.3 Å². The summed E-state index contributed by atoms with van der Waals surface area (Å²) in [5.74, 6) is -0.188. The first-order chi connectivity index (χ1) is 11.1. The van der Waals surface area contributed by atoms with Crippen molar-refractivity contribution < 1.29 is 14.3 Å². The highest BCUT2D eigenvalue weighted by Crippen LogP contribution is 2.25. The van der Waals surface area contributed by atoms with Crippen LogP contribution in [0.4, 0.5) is 5.69 Å². The monoisotopic (exact) mass is 318 g/mol. The van der Waals surface area contributed by atoms with E-state index in [0.717, 1.165) is 31.6 Å². The zero-order valence-electron chi connectivity index (χ0n) is 13.1. The number of carbonyl (C=O) groups excluding carboxylic acids is 2. The van der Waals surface area contributed by atoms with E-state index in [-0.39, 0.29) is 17.5 Å². The summed E-state index contributed by atoms with van der Waals surface area (Å²) >= 11 is 0. The van der Waals surface area contributed by atoms with Crippen LogP contribution < -0.4 is 10.6 Å². The highest BCUT2D eigenvalue weighted by molar-refractivity contribution is 5.91. The fourth-order valence-corrected chi connectivity index (χ4v) is 3.18. The Balaban J connectivity index is 1.58. The lowest BCUT2D eigenvalue weighted by molar-refractivity contribution is -0.140. The summed E-state index contributed by atoms with van der Waals surface area (Å²) in [6, 6.07) is 3.59. The quantitative estimate of drug-likeness (QED) is 0.863. The molecule has 2 aliphatic rings. The average Bonchev–Trinajstić information content (AvgIpc) is 2.62. The number of hydrogen-bond donors (Lipinski definition) is 1. The van der Waals surface area contributed by atoms with Crippen molar-refractivity contribution in [1.82, 2.24) is 9.88 Å². The summed E-state index contributed by atoms with van der Waals surface area (Å²) in [5, 5.41) is 0. The second-order valence-electron chi connectivity index (χ2n) is 5.96. The fraction of sp³-hybridized carbons (Fsp3) is 0.562. The largest absolute Gasteiger partial charge is 0.378 e. The van der Waals surface area contributed by atoms with Gasteiger partial charge in [-0.1, -0.05) is 0 Å². The molecule has 1 aromatic heterocycles. The van der Waals surface area contributed by atoms with Gasteiger partial charge in [0.1, 0.15) is 5.69 Å². The van der Waals surface area contributed by atoms with E-state index in [2.05, 4.69) is 9.88 Å². The normalized spacial score (nSPS) is 19.7. The van der Waals surface area contributed by atoms with Crippen LogP contribution in [0.1, 0.15) is 23.3 Å². The van der Waals surface area contributed by atoms with Crippen molar-refractivity contribution >= 4 is 17.5 Å². The lowest BCUT2D eigenvalue weighted by Crippen LogP contribution is -2.46. The highest BCUT2D eigenvalue weighted by Gasteiger charge is 2.29. The third kappa shape index (κ3) is 3.61. The minimum atomic E-state index is -0.524. The van der Waals surface area contributed by atoms with Crippen molar-refractivity contribution in [2.75, 3.05) is 44.3 Å². The van der Waals surface area contributed by atoms with Crippen molar-refractivity contribution in [2.45, 2.75) is 12.8 Å². The van der Waals surface area contributed by atoms with Gasteiger partial charge in [-0.25, -0.2) is 0 Å². The molecule has 7 nitrogen and oxygen atoms in total. The Labute approximate surface area is 135 Å². The molecule has 0 bridgehead atoms. The van der Waals surface area contributed by atoms with Gasteiger partial charge in [-0.2, -0.15) is 0 Å². The Morgan fingerprint density at radius 2 is 1.87 bits per heavy atom. The third-order valence-corrected chi connectivity index (χ3v) is 4.53. The molecule has 2 saturated heterocycles. The number of rotatable bonds is 3. The molecule has 2 N–H and O–H groups in total. The van der Waals surface area contributed by atoms with Gasteiger partial charge in [0, 0.05) is 44.0 Å². The molecule has 23 heavy (non-hydrogen) atoms. The van der Waals surface area contributed by atoms with Crippen LogP contribution in [0.3, 0.4) is 0 Å². The lowest BCUT2D eigenvalue weighted by atomic mass is 9.94. The van der Waals surface area contributed by atoms with Gasteiger partial charge in [-0.3, -0.25) is 14.6 Å². The lowest BCUT2D eigenvalue weighted by Gasteiger charge is -2.36. The van der Waals surface area contributed by atoms with E-state index in [4.69, 9.17) is 10.5 Å². The first-order valence-corrected chi connectivity index (χ1v) is 8.02. The maximum atomic E-state index is 12.5. The summed E-state index contributed by atoms with van der Waals surface area (Å²) < 4.78 is 5.30. The SMILES string of the molecule is NC(=O)c1cc(N2CCC(C(=O)N3CCOCC3)CC2)ccn1. The van der Waals surface area contributed by atoms with Crippen molar-refractivity contribution in [1.29, 1.82) is 0 Å². The van der Waals surface area contributed by atoms with Gasteiger partial charge in [0.25, 0.3) is 5.91 Å². The summed E-state index contributed by atoms with van der Waals surface area (Å²) in [5.41, 5.74) is 6.48. The first-order valence-electron chi connectivity index (χ1n) is 8.02. The molecule has 3 rings (SSSR count). The topological polar surface area (TPSA) is 88.8 Å². The number of primary amides is 1. The van der Waals surface area contributed by atoms with Crippen LogP contribution >= 0.6 is 0 Å². The van der Waals surface area contributed by atoms with E-state index in [9.17, 15) is 9.59 Å². The van der Waals surface area contributed by atoms with Crippen molar-refractivity contribution in [3.8, 4) is 0 Å². The van der Waals surface area contributed by atoms with Gasteiger partial charge in [0.2, 0.25) is 5.91 Å². The van der Waals surface area contributed by atoms with Crippen LogP contribution in [-0.4, -0.2) is 61.1 Å². The molecule has 3 heterocycles. The van der Waals surface area contributed by atoms with E-state index in [1.807, 2.05) is 11.0 Å². The van der Waals surface area contributed by atoms with E-state index < -0.39 is 5.91 Å². The van der Waals surface area contributed by atoms with Gasteiger partial charge < -0.3 is 20.3 Å². The zero-order chi connectivity index (χ0) is 16.2. The minimum absolute atomic E-state index is 0.0850. The van der Waals surface area contributed by atoms with Crippen LogP contribution in [0.2, 0.25) is 0 Å². The molecular weight excluding hydrogens is 296 g/mol. The van der Waals surface area contributed by atoms with Crippen molar-refractivity contribution in [3.05, 3.63) is 24.0 Å². The van der Waals surface area contributed by atoms with Crippen LogP contribution in [0, 0.1) is 5.92 Å². The standard InChI is InChI=1S/C16H22N4O3/c17-15(21)14-11-13(1-4-18-14)19-5-2-12(3-6-19)16(22)20-7-9-23-10-8-20/h1,4,11-12H,2-3,5-10H2,(H2,17,21). The zero-order valence-corrected chi connectivity index (χ0v) is 13.1. The highest BCUT2D eigenvalue weighted by atomic mass is 16.5. The fourth-order valence-electron chi connectivity index (χ4n) is 3.18. The molecule has 2 aliphatic heterocycles. The van der Waals surface area contributed by atoms with E-state index in [0.29, 0.717) is 26.3 Å². The number of aromatic nitrogens is 1. The van der Waals surface area contributed by atoms with Gasteiger partial charge in [0.15, 0.2) is 0 Å². The van der Waals surface area contributed by atoms with Gasteiger partial charge in [0.05, 0.1) is 13.2 Å². The number of hydrogen-bond acceptors (Lipinski definition) is 5. The van der Waals surface area contributed by atoms with Gasteiger partial charge in [-0.05, 0) is 25.0 Å². The molecule has 0 radical (unpaired) electrons. The van der Waals surface area contributed by atoms with E-state index in [1.165, 1.54) is 0 Å². The maximum Gasteiger partial charge on any atom is 0.267 e. The second-order valence-corrected chi connectivity index (χ2v) is 5.96. The number of carbonyl (C=O) groups is 2. The minimum Gasteiger partial charge on any atom is -0.378 e. The molecular formula is C16H22N4O3. The molecule has 0 unspecified atom stereocenters. The number of pyridine rings is 1. The summed E-state index contributed by atoms with van der Waals surface area (Å²) in [6.07, 6.45) is 3.25. The molecule has 0 spiro atoms. The van der Waals surface area contributed by atoms with Crippen molar-refractivity contribution in [3.63, 3.8) is 0 Å². The Morgan fingerprint density at radius 3 is 2.52 bits per heavy atom. The number of amides is 2. The van der Waals surface area contributed by atoms with Crippen LogP contribution in [-0.2, 0) is 9.53 Å². The van der Waals surface area contributed by atoms with Gasteiger partial charge in [-0.15, -0.1) is 0 Å². The Bertz CT molecular complexity index is 578. The number of ether oxygens (including phenoxy) is 1. The predicted molar refractivity (Wildman–Crippen MR) is 85.1 cm³/mol. The number of nitrogens with two attached hydrogens (primary N) is 1. The molecule has 2 amide bonds. The van der Waals surface area contributed by atoms with E-state index in [1.54, 1.807) is 12.3 Å². The summed E-state index contributed by atoms with van der Waals surface area (Å²) in [7, 11) is 0. The third-order valence-electron chi connectivity index (χ3n) is 4.53. The number of nitrogens with zero attached hydrogens (tertiary/aromatic N) is 3. The Kier molecular flexibility index (Phi) is 4.76. The summed E-state index contributed by atoms with van der Waals surface area (Å²) in [4.78, 5) is 31.8. The number of anilines is 1. The molecule has 7 heteroatoms. The molecule has 2 fully saturated rings. The van der Waals surface area contributed by atoms with Gasteiger partial charge >= 0.3 is 0 Å². The number of piperidine rings is 1. The molecule has 0 aromatic carbocycles. The van der Waals surface area contributed by atoms with Crippen LogP contribution in [0.5, 0.6) is 0 Å². The molecule has 124 valence electrons. The molecule has 0 saturated carbocycles. The predicted octanol–water partition coefficient (Wildman–Crippen LogP) is 0.256. The van der Waals surface area contributed by atoms with Crippen molar-refractivity contribution in [2.24, 2.45) is 11.7 Å². The number of morpholine rings is 1.